The summed E-state index contributed by atoms with van der Waals surface area (Å²) in [6, 6.07) is 11.7. The number of benzene rings is 2. The van der Waals surface area contributed by atoms with Crippen molar-refractivity contribution in [1.82, 2.24) is 9.97 Å². The summed E-state index contributed by atoms with van der Waals surface area (Å²) in [5, 5.41) is 8.94. The van der Waals surface area contributed by atoms with Crippen molar-refractivity contribution in [3.8, 4) is 0 Å². The zero-order chi connectivity index (χ0) is 22.1. The number of fused-ring (bicyclic) bond motifs is 1. The van der Waals surface area contributed by atoms with Crippen LogP contribution in [0.2, 0.25) is 10.0 Å². The van der Waals surface area contributed by atoms with E-state index < -0.39 is 23.3 Å². The van der Waals surface area contributed by atoms with Gasteiger partial charge >= 0.3 is 0 Å². The zero-order valence-corrected chi connectivity index (χ0v) is 18.7. The van der Waals surface area contributed by atoms with Crippen molar-refractivity contribution in [2.24, 2.45) is 0 Å². The van der Waals surface area contributed by atoms with Crippen LogP contribution in [-0.2, 0) is 9.59 Å². The van der Waals surface area contributed by atoms with Gasteiger partial charge in [-0.2, -0.15) is 4.98 Å². The third-order valence-corrected chi connectivity index (χ3v) is 5.64. The molecule has 1 aliphatic heterocycles. The molecule has 2 aromatic carbocycles. The van der Waals surface area contributed by atoms with E-state index >= 15 is 0 Å². The van der Waals surface area contributed by atoms with Crippen LogP contribution < -0.4 is 21.5 Å². The lowest BCUT2D eigenvalue weighted by Gasteiger charge is -2.23. The van der Waals surface area contributed by atoms with Crippen molar-refractivity contribution in [1.29, 1.82) is 0 Å². The maximum absolute atomic E-state index is 12.8. The van der Waals surface area contributed by atoms with Gasteiger partial charge in [0, 0.05) is 21.6 Å². The quantitative estimate of drug-likeness (QED) is 0.398. The summed E-state index contributed by atoms with van der Waals surface area (Å²) < 4.78 is 0.856. The molecular weight excluding hydrogens is 509 g/mol. The Morgan fingerprint density at radius 3 is 2.58 bits per heavy atom. The fraction of sp³-hybridized carbons (Fsp3) is 0.100. The first kappa shape index (κ1) is 21.4. The zero-order valence-electron chi connectivity index (χ0n) is 15.6. The Morgan fingerprint density at radius 1 is 1.13 bits per heavy atom. The fourth-order valence-corrected chi connectivity index (χ4v) is 3.86. The van der Waals surface area contributed by atoms with Crippen LogP contribution in [0.15, 0.2) is 51.7 Å². The molecule has 0 aliphatic carbocycles. The summed E-state index contributed by atoms with van der Waals surface area (Å²) in [5.41, 5.74) is 0.539. The molecule has 0 bridgehead atoms. The van der Waals surface area contributed by atoms with Crippen LogP contribution in [0, 0.1) is 0 Å². The molecule has 31 heavy (non-hydrogen) atoms. The number of anilines is 4. The number of nitrogens with one attached hydrogen (secondary N) is 4. The smallest absolute Gasteiger partial charge is 0.258 e. The van der Waals surface area contributed by atoms with Gasteiger partial charge in [0.05, 0.1) is 22.2 Å². The van der Waals surface area contributed by atoms with Crippen LogP contribution in [0.1, 0.15) is 17.9 Å². The Hall–Kier alpha value is -2.88. The molecule has 11 heteroatoms. The number of carbonyl (C=O) groups excluding carboxylic acids is 2. The Labute approximate surface area is 194 Å². The lowest BCUT2D eigenvalue weighted by atomic mass is 9.92. The van der Waals surface area contributed by atoms with E-state index in [1.54, 1.807) is 36.4 Å². The number of rotatable bonds is 4. The van der Waals surface area contributed by atoms with E-state index in [2.05, 4.69) is 41.8 Å². The number of hydrogen-bond acceptors (Lipinski definition) is 5. The van der Waals surface area contributed by atoms with Crippen LogP contribution in [0.3, 0.4) is 0 Å². The first-order valence-electron chi connectivity index (χ1n) is 9.03. The molecule has 2 heterocycles. The number of carbonyl (C=O) groups is 2. The van der Waals surface area contributed by atoms with Crippen LogP contribution in [0.5, 0.6) is 0 Å². The number of amides is 2. The van der Waals surface area contributed by atoms with Crippen molar-refractivity contribution < 1.29 is 9.59 Å². The van der Waals surface area contributed by atoms with Gasteiger partial charge in [-0.25, -0.2) is 0 Å². The summed E-state index contributed by atoms with van der Waals surface area (Å²) in [7, 11) is 0. The predicted molar refractivity (Wildman–Crippen MR) is 123 cm³/mol. The second-order valence-electron chi connectivity index (χ2n) is 6.73. The van der Waals surface area contributed by atoms with Crippen molar-refractivity contribution in [2.75, 3.05) is 16.0 Å². The Balaban J connectivity index is 1.64. The van der Waals surface area contributed by atoms with E-state index in [0.717, 1.165) is 4.47 Å². The van der Waals surface area contributed by atoms with Crippen molar-refractivity contribution >= 4 is 74.1 Å². The molecule has 1 aromatic heterocycles. The molecule has 0 radical (unpaired) electrons. The van der Waals surface area contributed by atoms with Crippen LogP contribution in [-0.4, -0.2) is 21.8 Å². The second-order valence-corrected chi connectivity index (χ2v) is 8.49. The minimum absolute atomic E-state index is 0.0172. The summed E-state index contributed by atoms with van der Waals surface area (Å²) >= 11 is 15.4. The second kappa shape index (κ2) is 8.70. The number of H-pyrrole nitrogens is 1. The van der Waals surface area contributed by atoms with Crippen molar-refractivity contribution in [3.05, 3.63) is 72.9 Å². The van der Waals surface area contributed by atoms with Crippen LogP contribution >= 0.6 is 39.1 Å². The molecule has 8 nitrogen and oxygen atoms in total. The monoisotopic (exact) mass is 521 g/mol. The van der Waals surface area contributed by atoms with Gasteiger partial charge in [-0.05, 0) is 42.5 Å². The molecular formula is C20H14BrCl2N5O3. The lowest BCUT2D eigenvalue weighted by molar-refractivity contribution is -0.123. The Morgan fingerprint density at radius 2 is 1.87 bits per heavy atom. The van der Waals surface area contributed by atoms with E-state index in [-0.39, 0.29) is 23.8 Å². The molecule has 1 atom stereocenters. The van der Waals surface area contributed by atoms with Gasteiger partial charge < -0.3 is 16.0 Å². The average molecular weight is 523 g/mol. The van der Waals surface area contributed by atoms with Gasteiger partial charge in [0.1, 0.15) is 5.82 Å². The van der Waals surface area contributed by atoms with Gasteiger partial charge in [0.2, 0.25) is 17.8 Å². The largest absolute Gasteiger partial charge is 0.326 e. The van der Waals surface area contributed by atoms with E-state index in [1.807, 2.05) is 0 Å². The van der Waals surface area contributed by atoms with Gasteiger partial charge in [0.15, 0.2) is 0 Å². The number of hydrogen-bond donors (Lipinski definition) is 4. The molecule has 4 rings (SSSR count). The van der Waals surface area contributed by atoms with Gasteiger partial charge in [-0.1, -0.05) is 39.1 Å². The molecule has 0 saturated heterocycles. The topological polar surface area (TPSA) is 116 Å². The third kappa shape index (κ3) is 4.73. The van der Waals surface area contributed by atoms with Crippen molar-refractivity contribution in [2.45, 2.75) is 12.3 Å². The van der Waals surface area contributed by atoms with Gasteiger partial charge in [-0.15, -0.1) is 0 Å². The molecule has 2 amide bonds. The SMILES string of the molecule is O=C1CC(C(=O)Nc2ccc(Br)cc2)c2c(nc(Nc3ccc(Cl)cc3Cl)[nH]c2=O)N1. The maximum Gasteiger partial charge on any atom is 0.258 e. The van der Waals surface area contributed by atoms with Crippen LogP contribution in [0.4, 0.5) is 23.1 Å². The first-order valence-corrected chi connectivity index (χ1v) is 10.6. The summed E-state index contributed by atoms with van der Waals surface area (Å²) in [5.74, 6) is -1.81. The molecule has 0 fully saturated rings. The molecule has 0 spiro atoms. The Kier molecular flexibility index (Phi) is 5.99. The highest BCUT2D eigenvalue weighted by Gasteiger charge is 2.34. The van der Waals surface area contributed by atoms with Crippen LogP contribution in [0.25, 0.3) is 0 Å². The van der Waals surface area contributed by atoms with E-state index in [1.165, 1.54) is 6.07 Å². The predicted octanol–water partition coefficient (Wildman–Crippen LogP) is 4.65. The minimum Gasteiger partial charge on any atom is -0.326 e. The van der Waals surface area contributed by atoms with E-state index in [4.69, 9.17) is 23.2 Å². The average Bonchev–Trinajstić information content (AvgIpc) is 2.71. The third-order valence-electron chi connectivity index (χ3n) is 4.56. The summed E-state index contributed by atoms with van der Waals surface area (Å²) in [6.45, 7) is 0. The minimum atomic E-state index is -0.989. The molecule has 1 aliphatic rings. The van der Waals surface area contributed by atoms with Gasteiger partial charge in [0.25, 0.3) is 5.56 Å². The first-order chi connectivity index (χ1) is 14.8. The number of nitrogens with zero attached hydrogens (tertiary/aromatic N) is 1. The lowest BCUT2D eigenvalue weighted by Crippen LogP contribution is -2.36. The molecule has 158 valence electrons. The van der Waals surface area contributed by atoms with E-state index in [9.17, 15) is 14.4 Å². The molecule has 4 N–H and O–H groups in total. The molecule has 1 unspecified atom stereocenters. The number of aromatic nitrogens is 2. The summed E-state index contributed by atoms with van der Waals surface area (Å²) in [6.07, 6.45) is -0.171. The van der Waals surface area contributed by atoms with Gasteiger partial charge in [-0.3, -0.25) is 19.4 Å². The summed E-state index contributed by atoms with van der Waals surface area (Å²) in [4.78, 5) is 44.7. The molecule has 3 aromatic rings. The van der Waals surface area contributed by atoms with E-state index in [0.29, 0.717) is 21.4 Å². The highest BCUT2D eigenvalue weighted by molar-refractivity contribution is 9.10. The maximum atomic E-state index is 12.8. The highest BCUT2D eigenvalue weighted by atomic mass is 79.9. The number of halogens is 3. The molecule has 0 saturated carbocycles. The number of aromatic amines is 1. The highest BCUT2D eigenvalue weighted by Crippen LogP contribution is 2.31. The standard InChI is InChI=1S/C20H14BrCl2N5O3/c21-9-1-4-11(5-2-9)24-18(30)12-8-15(29)26-17-16(12)19(31)28-20(27-17)25-14-6-3-10(22)7-13(14)23/h1-7,12H,8H2,(H,24,30)(H3,25,26,27,28,29,31). The fourth-order valence-electron chi connectivity index (χ4n) is 3.14. The normalized spacial score (nSPS) is 15.1. The Bertz CT molecular complexity index is 1250. The van der Waals surface area contributed by atoms with Crippen molar-refractivity contribution in [3.63, 3.8) is 0 Å².